The number of hydrogen-bond donors (Lipinski definition) is 0. The number of piperazine rings is 1. The SMILES string of the molecule is C1CCC(N2CCN(C3CCOC3)CC2)C1. The Labute approximate surface area is 98.7 Å². The normalized spacial score (nSPS) is 34.9. The van der Waals surface area contributed by atoms with Crippen LogP contribution in [0.2, 0.25) is 0 Å². The van der Waals surface area contributed by atoms with E-state index in [9.17, 15) is 0 Å². The minimum atomic E-state index is 0.728. The van der Waals surface area contributed by atoms with E-state index in [-0.39, 0.29) is 0 Å². The molecule has 1 aliphatic carbocycles. The molecule has 0 N–H and O–H groups in total. The largest absolute Gasteiger partial charge is 0.380 e. The number of rotatable bonds is 2. The first kappa shape index (κ1) is 11.0. The van der Waals surface area contributed by atoms with Crippen molar-refractivity contribution in [1.29, 1.82) is 0 Å². The van der Waals surface area contributed by atoms with Gasteiger partial charge in [0.05, 0.1) is 6.61 Å². The molecule has 1 unspecified atom stereocenters. The van der Waals surface area contributed by atoms with Crippen molar-refractivity contribution in [2.24, 2.45) is 0 Å². The lowest BCUT2D eigenvalue weighted by Crippen LogP contribution is -2.52. The number of ether oxygens (including phenoxy) is 1. The van der Waals surface area contributed by atoms with Crippen molar-refractivity contribution in [3.63, 3.8) is 0 Å². The van der Waals surface area contributed by atoms with Gasteiger partial charge >= 0.3 is 0 Å². The molecule has 2 saturated heterocycles. The molecule has 2 aliphatic heterocycles. The minimum Gasteiger partial charge on any atom is -0.380 e. The zero-order chi connectivity index (χ0) is 10.8. The predicted octanol–water partition coefficient (Wildman–Crippen LogP) is 1.34. The molecule has 16 heavy (non-hydrogen) atoms. The molecular formula is C13H24N2O. The summed E-state index contributed by atoms with van der Waals surface area (Å²) >= 11 is 0. The van der Waals surface area contributed by atoms with Gasteiger partial charge < -0.3 is 4.74 Å². The number of hydrogen-bond acceptors (Lipinski definition) is 3. The fraction of sp³-hybridized carbons (Fsp3) is 1.00. The average molecular weight is 224 g/mol. The molecule has 0 aromatic heterocycles. The van der Waals surface area contributed by atoms with Crippen LogP contribution in [0.25, 0.3) is 0 Å². The Morgan fingerprint density at radius 2 is 1.38 bits per heavy atom. The summed E-state index contributed by atoms with van der Waals surface area (Å²) in [7, 11) is 0. The highest BCUT2D eigenvalue weighted by molar-refractivity contribution is 4.85. The first-order valence-corrected chi connectivity index (χ1v) is 6.99. The van der Waals surface area contributed by atoms with E-state index in [1.165, 1.54) is 58.3 Å². The zero-order valence-corrected chi connectivity index (χ0v) is 10.2. The highest BCUT2D eigenvalue weighted by atomic mass is 16.5. The summed E-state index contributed by atoms with van der Waals surface area (Å²) in [6.07, 6.45) is 7.07. The molecule has 3 fully saturated rings. The van der Waals surface area contributed by atoms with E-state index in [4.69, 9.17) is 4.74 Å². The summed E-state index contributed by atoms with van der Waals surface area (Å²) in [5, 5.41) is 0. The predicted molar refractivity (Wildman–Crippen MR) is 64.6 cm³/mol. The molecule has 0 aromatic rings. The highest BCUT2D eigenvalue weighted by Crippen LogP contribution is 2.25. The van der Waals surface area contributed by atoms with Gasteiger partial charge in [0.2, 0.25) is 0 Å². The summed E-state index contributed by atoms with van der Waals surface area (Å²) in [6, 6.07) is 1.65. The lowest BCUT2D eigenvalue weighted by atomic mass is 10.1. The van der Waals surface area contributed by atoms with Crippen LogP contribution < -0.4 is 0 Å². The van der Waals surface area contributed by atoms with Crippen LogP contribution in [-0.2, 0) is 4.74 Å². The van der Waals surface area contributed by atoms with Gasteiger partial charge in [-0.15, -0.1) is 0 Å². The molecule has 92 valence electrons. The Bertz CT molecular complexity index is 190. The maximum atomic E-state index is 5.48. The van der Waals surface area contributed by atoms with E-state index < -0.39 is 0 Å². The topological polar surface area (TPSA) is 15.7 Å². The van der Waals surface area contributed by atoms with Crippen LogP contribution >= 0.6 is 0 Å². The molecule has 1 atom stereocenters. The summed E-state index contributed by atoms with van der Waals surface area (Å²) in [5.74, 6) is 0. The lowest BCUT2D eigenvalue weighted by Gasteiger charge is -2.40. The van der Waals surface area contributed by atoms with Crippen LogP contribution in [0.15, 0.2) is 0 Å². The van der Waals surface area contributed by atoms with Crippen molar-refractivity contribution in [3.8, 4) is 0 Å². The van der Waals surface area contributed by atoms with Crippen LogP contribution in [0.3, 0.4) is 0 Å². The van der Waals surface area contributed by atoms with Crippen molar-refractivity contribution >= 4 is 0 Å². The van der Waals surface area contributed by atoms with Crippen LogP contribution in [0.5, 0.6) is 0 Å². The van der Waals surface area contributed by atoms with Gasteiger partial charge in [-0.3, -0.25) is 9.80 Å². The van der Waals surface area contributed by atoms with Gasteiger partial charge in [0.25, 0.3) is 0 Å². The van der Waals surface area contributed by atoms with Crippen LogP contribution in [-0.4, -0.2) is 61.3 Å². The Morgan fingerprint density at radius 3 is 1.94 bits per heavy atom. The third kappa shape index (κ3) is 2.27. The summed E-state index contributed by atoms with van der Waals surface area (Å²) in [5.41, 5.74) is 0. The number of nitrogens with zero attached hydrogens (tertiary/aromatic N) is 2. The second-order valence-electron chi connectivity index (χ2n) is 5.53. The van der Waals surface area contributed by atoms with Crippen molar-refractivity contribution in [3.05, 3.63) is 0 Å². The second kappa shape index (κ2) is 5.03. The van der Waals surface area contributed by atoms with E-state index in [2.05, 4.69) is 9.80 Å². The molecule has 0 radical (unpaired) electrons. The third-order valence-corrected chi connectivity index (χ3v) is 4.61. The lowest BCUT2D eigenvalue weighted by molar-refractivity contribution is 0.0639. The fourth-order valence-electron chi connectivity index (χ4n) is 3.55. The van der Waals surface area contributed by atoms with Gasteiger partial charge in [0.15, 0.2) is 0 Å². The van der Waals surface area contributed by atoms with E-state index in [1.54, 1.807) is 0 Å². The van der Waals surface area contributed by atoms with Gasteiger partial charge in [-0.25, -0.2) is 0 Å². The van der Waals surface area contributed by atoms with Crippen molar-refractivity contribution in [2.75, 3.05) is 39.4 Å². The third-order valence-electron chi connectivity index (χ3n) is 4.61. The monoisotopic (exact) mass is 224 g/mol. The van der Waals surface area contributed by atoms with Gasteiger partial charge in [-0.1, -0.05) is 12.8 Å². The first-order chi connectivity index (χ1) is 7.93. The van der Waals surface area contributed by atoms with Gasteiger partial charge in [-0.05, 0) is 19.3 Å². The standard InChI is InChI=1S/C13H24N2O/c1-2-4-12(3-1)14-6-8-15(9-7-14)13-5-10-16-11-13/h12-13H,1-11H2. The Morgan fingerprint density at radius 1 is 0.750 bits per heavy atom. The van der Waals surface area contributed by atoms with Crippen molar-refractivity contribution in [1.82, 2.24) is 9.80 Å². The van der Waals surface area contributed by atoms with Crippen molar-refractivity contribution < 1.29 is 4.74 Å². The van der Waals surface area contributed by atoms with E-state index in [0.29, 0.717) is 0 Å². The Kier molecular flexibility index (Phi) is 3.46. The Hall–Kier alpha value is -0.120. The van der Waals surface area contributed by atoms with Crippen LogP contribution in [0, 0.1) is 0 Å². The molecule has 0 aromatic carbocycles. The molecular weight excluding hydrogens is 200 g/mol. The van der Waals surface area contributed by atoms with Gasteiger partial charge in [0, 0.05) is 44.9 Å². The smallest absolute Gasteiger partial charge is 0.0622 e. The average Bonchev–Trinajstić information content (AvgIpc) is 3.03. The first-order valence-electron chi connectivity index (χ1n) is 6.99. The van der Waals surface area contributed by atoms with E-state index in [1.807, 2.05) is 0 Å². The summed E-state index contributed by atoms with van der Waals surface area (Å²) < 4.78 is 5.48. The summed E-state index contributed by atoms with van der Waals surface area (Å²) in [6.45, 7) is 7.08. The summed E-state index contributed by atoms with van der Waals surface area (Å²) in [4.78, 5) is 5.39. The molecule has 3 rings (SSSR count). The van der Waals surface area contributed by atoms with Crippen molar-refractivity contribution in [2.45, 2.75) is 44.2 Å². The maximum Gasteiger partial charge on any atom is 0.0622 e. The maximum absolute atomic E-state index is 5.48. The van der Waals surface area contributed by atoms with Gasteiger partial charge in [-0.2, -0.15) is 0 Å². The molecule has 3 aliphatic rings. The molecule has 0 amide bonds. The Balaban J connectivity index is 1.47. The minimum absolute atomic E-state index is 0.728. The van der Waals surface area contributed by atoms with Crippen LogP contribution in [0.1, 0.15) is 32.1 Å². The van der Waals surface area contributed by atoms with E-state index >= 15 is 0 Å². The molecule has 2 heterocycles. The van der Waals surface area contributed by atoms with E-state index in [0.717, 1.165) is 25.3 Å². The zero-order valence-electron chi connectivity index (χ0n) is 10.2. The molecule has 0 bridgehead atoms. The fourth-order valence-corrected chi connectivity index (χ4v) is 3.55. The molecule has 1 saturated carbocycles. The highest BCUT2D eigenvalue weighted by Gasteiger charge is 2.30. The quantitative estimate of drug-likeness (QED) is 0.704. The molecule has 3 heteroatoms. The molecule has 3 nitrogen and oxygen atoms in total. The van der Waals surface area contributed by atoms with Gasteiger partial charge in [0.1, 0.15) is 0 Å². The van der Waals surface area contributed by atoms with Crippen LogP contribution in [0.4, 0.5) is 0 Å². The second-order valence-corrected chi connectivity index (χ2v) is 5.53. The molecule has 0 spiro atoms.